The molecule has 1 aromatic heterocycles. The van der Waals surface area contributed by atoms with E-state index in [4.69, 9.17) is 0 Å². The highest BCUT2D eigenvalue weighted by molar-refractivity contribution is 9.10. The summed E-state index contributed by atoms with van der Waals surface area (Å²) in [6, 6.07) is 1.86. The number of rotatable bonds is 5. The molecule has 3 nitrogen and oxygen atoms in total. The van der Waals surface area contributed by atoms with E-state index in [1.165, 1.54) is 0 Å². The summed E-state index contributed by atoms with van der Waals surface area (Å²) in [6.45, 7) is 7.87. The molecule has 1 rings (SSSR count). The fraction of sp³-hybridized carbons (Fsp3) is 0.583. The Morgan fingerprint density at radius 1 is 1.56 bits per heavy atom. The molecule has 0 fully saturated rings. The molecule has 1 aromatic rings. The molecular formula is C12H19BrN2O. The Labute approximate surface area is 105 Å². The van der Waals surface area contributed by atoms with Gasteiger partial charge in [0, 0.05) is 23.8 Å². The molecule has 0 spiro atoms. The van der Waals surface area contributed by atoms with Crippen LogP contribution in [0.4, 0.5) is 0 Å². The molecule has 1 amide bonds. The van der Waals surface area contributed by atoms with E-state index in [1.807, 2.05) is 23.8 Å². The second-order valence-corrected chi connectivity index (χ2v) is 5.18. The van der Waals surface area contributed by atoms with Gasteiger partial charge in [-0.2, -0.15) is 0 Å². The number of carbonyl (C=O) groups excluding carboxylic acids is 1. The molecule has 90 valence electrons. The molecule has 0 atom stereocenters. The van der Waals surface area contributed by atoms with E-state index in [0.29, 0.717) is 5.92 Å². The van der Waals surface area contributed by atoms with Crippen LogP contribution in [-0.2, 0) is 6.54 Å². The summed E-state index contributed by atoms with van der Waals surface area (Å²) in [5.74, 6) is 0.623. The number of aromatic nitrogens is 1. The van der Waals surface area contributed by atoms with Gasteiger partial charge in [-0.05, 0) is 41.3 Å². The molecule has 0 bridgehead atoms. The van der Waals surface area contributed by atoms with Crippen molar-refractivity contribution < 1.29 is 4.79 Å². The zero-order valence-corrected chi connectivity index (χ0v) is 11.7. The fourth-order valence-corrected chi connectivity index (χ4v) is 1.96. The fourth-order valence-electron chi connectivity index (χ4n) is 1.49. The summed E-state index contributed by atoms with van der Waals surface area (Å²) in [7, 11) is 0. The minimum Gasteiger partial charge on any atom is -0.351 e. The van der Waals surface area contributed by atoms with Gasteiger partial charge < -0.3 is 9.88 Å². The standard InChI is InChI=1S/C12H19BrN2O/c1-4-15-8-10(13)7-11(15)12(16)14-6-5-9(2)3/h7-9H,4-6H2,1-3H3,(H,14,16). The number of amides is 1. The maximum absolute atomic E-state index is 11.9. The predicted octanol–water partition coefficient (Wildman–Crippen LogP) is 3.05. The van der Waals surface area contributed by atoms with Gasteiger partial charge >= 0.3 is 0 Å². The van der Waals surface area contributed by atoms with Gasteiger partial charge in [-0.1, -0.05) is 13.8 Å². The Morgan fingerprint density at radius 2 is 2.25 bits per heavy atom. The van der Waals surface area contributed by atoms with Crippen molar-refractivity contribution in [3.05, 3.63) is 22.4 Å². The van der Waals surface area contributed by atoms with Gasteiger partial charge in [0.1, 0.15) is 5.69 Å². The molecule has 0 aliphatic heterocycles. The third kappa shape index (κ3) is 3.67. The molecule has 0 aliphatic carbocycles. The molecule has 0 unspecified atom stereocenters. The van der Waals surface area contributed by atoms with Crippen molar-refractivity contribution in [1.82, 2.24) is 9.88 Å². The number of carbonyl (C=O) groups is 1. The van der Waals surface area contributed by atoms with E-state index >= 15 is 0 Å². The lowest BCUT2D eigenvalue weighted by atomic mass is 10.1. The van der Waals surface area contributed by atoms with Gasteiger partial charge in [-0.25, -0.2) is 0 Å². The maximum atomic E-state index is 11.9. The minimum absolute atomic E-state index is 0.00759. The van der Waals surface area contributed by atoms with E-state index in [1.54, 1.807) is 0 Å². The second kappa shape index (κ2) is 6.09. The Hall–Kier alpha value is -0.770. The molecule has 1 N–H and O–H groups in total. The van der Waals surface area contributed by atoms with Crippen molar-refractivity contribution in [3.63, 3.8) is 0 Å². The van der Waals surface area contributed by atoms with Crippen molar-refractivity contribution in [2.75, 3.05) is 6.54 Å². The largest absolute Gasteiger partial charge is 0.351 e. The summed E-state index contributed by atoms with van der Waals surface area (Å²) >= 11 is 3.38. The monoisotopic (exact) mass is 286 g/mol. The number of aryl methyl sites for hydroxylation is 1. The molecule has 0 saturated carbocycles. The Balaban J connectivity index is 2.58. The highest BCUT2D eigenvalue weighted by atomic mass is 79.9. The molecule has 0 aromatic carbocycles. The van der Waals surface area contributed by atoms with E-state index in [0.717, 1.165) is 29.7 Å². The highest BCUT2D eigenvalue weighted by Crippen LogP contribution is 2.14. The van der Waals surface area contributed by atoms with Gasteiger partial charge in [0.2, 0.25) is 0 Å². The van der Waals surface area contributed by atoms with Crippen molar-refractivity contribution >= 4 is 21.8 Å². The van der Waals surface area contributed by atoms with Gasteiger partial charge in [0.25, 0.3) is 5.91 Å². The van der Waals surface area contributed by atoms with Crippen LogP contribution in [0.15, 0.2) is 16.7 Å². The first kappa shape index (κ1) is 13.3. The van der Waals surface area contributed by atoms with Crippen molar-refractivity contribution in [1.29, 1.82) is 0 Å². The quantitative estimate of drug-likeness (QED) is 0.887. The summed E-state index contributed by atoms with van der Waals surface area (Å²) in [4.78, 5) is 11.9. The molecule has 0 aliphatic rings. The van der Waals surface area contributed by atoms with Crippen molar-refractivity contribution in [3.8, 4) is 0 Å². The first-order chi connectivity index (χ1) is 7.54. The molecule has 4 heteroatoms. The lowest BCUT2D eigenvalue weighted by Crippen LogP contribution is -2.27. The van der Waals surface area contributed by atoms with Crippen LogP contribution in [0, 0.1) is 5.92 Å². The van der Waals surface area contributed by atoms with Crippen molar-refractivity contribution in [2.24, 2.45) is 5.92 Å². The normalized spacial score (nSPS) is 10.8. The number of nitrogens with one attached hydrogen (secondary N) is 1. The van der Waals surface area contributed by atoms with Crippen LogP contribution in [0.1, 0.15) is 37.7 Å². The SMILES string of the molecule is CCn1cc(Br)cc1C(=O)NCCC(C)C. The van der Waals surface area contributed by atoms with Gasteiger partial charge in [-0.3, -0.25) is 4.79 Å². The molecule has 0 saturated heterocycles. The lowest BCUT2D eigenvalue weighted by molar-refractivity contribution is 0.0943. The highest BCUT2D eigenvalue weighted by Gasteiger charge is 2.11. The van der Waals surface area contributed by atoms with Crippen LogP contribution in [-0.4, -0.2) is 17.0 Å². The molecule has 1 heterocycles. The number of halogens is 1. The number of hydrogen-bond donors (Lipinski definition) is 1. The number of hydrogen-bond acceptors (Lipinski definition) is 1. The topological polar surface area (TPSA) is 34.0 Å². The van der Waals surface area contributed by atoms with Crippen LogP contribution >= 0.6 is 15.9 Å². The maximum Gasteiger partial charge on any atom is 0.267 e. The minimum atomic E-state index is 0.00759. The number of nitrogens with zero attached hydrogens (tertiary/aromatic N) is 1. The Kier molecular flexibility index (Phi) is 5.06. The summed E-state index contributed by atoms with van der Waals surface area (Å²) in [5.41, 5.74) is 0.720. The molecule has 16 heavy (non-hydrogen) atoms. The van der Waals surface area contributed by atoms with Crippen LogP contribution in [0.25, 0.3) is 0 Å². The van der Waals surface area contributed by atoms with E-state index in [2.05, 4.69) is 35.1 Å². The van der Waals surface area contributed by atoms with E-state index in [9.17, 15) is 4.79 Å². The molecular weight excluding hydrogens is 268 g/mol. The first-order valence-electron chi connectivity index (χ1n) is 5.68. The zero-order valence-electron chi connectivity index (χ0n) is 10.1. The second-order valence-electron chi connectivity index (χ2n) is 4.27. The smallest absolute Gasteiger partial charge is 0.267 e. The van der Waals surface area contributed by atoms with Crippen LogP contribution in [0.5, 0.6) is 0 Å². The summed E-state index contributed by atoms with van der Waals surface area (Å²) in [5, 5.41) is 2.94. The van der Waals surface area contributed by atoms with Gasteiger partial charge in [0.15, 0.2) is 0 Å². The third-order valence-electron chi connectivity index (χ3n) is 2.44. The lowest BCUT2D eigenvalue weighted by Gasteiger charge is -2.08. The average Bonchev–Trinajstić information content (AvgIpc) is 2.59. The summed E-state index contributed by atoms with van der Waals surface area (Å²) < 4.78 is 2.89. The zero-order chi connectivity index (χ0) is 12.1. The van der Waals surface area contributed by atoms with Crippen LogP contribution < -0.4 is 5.32 Å². The van der Waals surface area contributed by atoms with Crippen molar-refractivity contribution in [2.45, 2.75) is 33.7 Å². The predicted molar refractivity (Wildman–Crippen MR) is 69.6 cm³/mol. The van der Waals surface area contributed by atoms with E-state index in [-0.39, 0.29) is 5.91 Å². The first-order valence-corrected chi connectivity index (χ1v) is 6.47. The molecule has 0 radical (unpaired) electrons. The van der Waals surface area contributed by atoms with Crippen LogP contribution in [0.2, 0.25) is 0 Å². The Morgan fingerprint density at radius 3 is 2.81 bits per heavy atom. The van der Waals surface area contributed by atoms with Gasteiger partial charge in [-0.15, -0.1) is 0 Å². The van der Waals surface area contributed by atoms with Crippen LogP contribution in [0.3, 0.4) is 0 Å². The average molecular weight is 287 g/mol. The van der Waals surface area contributed by atoms with E-state index < -0.39 is 0 Å². The Bertz CT molecular complexity index is 358. The summed E-state index contributed by atoms with van der Waals surface area (Å²) in [6.07, 6.45) is 2.94. The third-order valence-corrected chi connectivity index (χ3v) is 2.88. The van der Waals surface area contributed by atoms with Gasteiger partial charge in [0.05, 0.1) is 0 Å².